The Hall–Kier alpha value is -2.39. The molecule has 26 heavy (non-hydrogen) atoms. The van der Waals surface area contributed by atoms with Gasteiger partial charge in [0, 0.05) is 39.3 Å². The summed E-state index contributed by atoms with van der Waals surface area (Å²) in [6.07, 6.45) is 1.57. The van der Waals surface area contributed by atoms with Gasteiger partial charge in [-0.3, -0.25) is 13.7 Å². The lowest BCUT2D eigenvalue weighted by atomic mass is 10.2. The molecule has 2 rings (SSSR count). The molecule has 0 aromatic heterocycles. The van der Waals surface area contributed by atoms with Crippen molar-refractivity contribution in [2.75, 3.05) is 29.2 Å². The Morgan fingerprint density at radius 1 is 1.15 bits per heavy atom. The van der Waals surface area contributed by atoms with Crippen molar-refractivity contribution in [3.05, 3.63) is 48.0 Å². The van der Waals surface area contributed by atoms with Gasteiger partial charge in [0.25, 0.3) is 5.91 Å². The van der Waals surface area contributed by atoms with Gasteiger partial charge in [-0.05, 0) is 43.3 Å². The van der Waals surface area contributed by atoms with Crippen molar-refractivity contribution in [3.8, 4) is 5.75 Å². The number of amides is 1. The molecule has 1 atom stereocenters. The maximum absolute atomic E-state index is 12.3. The number of rotatable bonds is 7. The number of anilines is 2. The van der Waals surface area contributed by atoms with Gasteiger partial charge in [0.1, 0.15) is 5.75 Å². The highest BCUT2D eigenvalue weighted by atomic mass is 32.2. The summed E-state index contributed by atoms with van der Waals surface area (Å²) >= 11 is 0. The molecule has 0 heterocycles. The molecule has 0 fully saturated rings. The molecule has 2 aromatic carbocycles. The number of ether oxygens (including phenoxy) is 1. The molecule has 0 saturated carbocycles. The van der Waals surface area contributed by atoms with E-state index in [1.807, 2.05) is 0 Å². The summed E-state index contributed by atoms with van der Waals surface area (Å²) < 4.78 is 42.4. The minimum atomic E-state index is -3.44. The zero-order valence-corrected chi connectivity index (χ0v) is 16.2. The molecule has 0 aliphatic rings. The van der Waals surface area contributed by atoms with Crippen LogP contribution in [0.2, 0.25) is 0 Å². The second-order valence-electron chi connectivity index (χ2n) is 5.35. The number of carbonyl (C=O) groups is 1. The van der Waals surface area contributed by atoms with E-state index in [2.05, 4.69) is 10.0 Å². The number of sulfonamides is 1. The van der Waals surface area contributed by atoms with E-state index in [0.29, 0.717) is 21.8 Å². The Morgan fingerprint density at radius 2 is 1.81 bits per heavy atom. The Labute approximate surface area is 155 Å². The van der Waals surface area contributed by atoms with Crippen LogP contribution in [-0.4, -0.2) is 37.7 Å². The SMILES string of the molecule is CCS(=O)(=O)Nc1ccc(NC(=O)c2ccc(S(C)=O)cc2)cc1OC. The van der Waals surface area contributed by atoms with E-state index in [-0.39, 0.29) is 17.4 Å². The van der Waals surface area contributed by atoms with E-state index in [0.717, 1.165) is 0 Å². The average molecular weight is 396 g/mol. The predicted octanol–water partition coefficient (Wildman–Crippen LogP) is 2.45. The highest BCUT2D eigenvalue weighted by molar-refractivity contribution is 7.92. The number of hydrogen-bond acceptors (Lipinski definition) is 5. The van der Waals surface area contributed by atoms with E-state index in [1.165, 1.54) is 26.2 Å². The molecular weight excluding hydrogens is 376 g/mol. The molecule has 1 unspecified atom stereocenters. The zero-order valence-electron chi connectivity index (χ0n) is 14.6. The van der Waals surface area contributed by atoms with Crippen molar-refractivity contribution in [3.63, 3.8) is 0 Å². The fraction of sp³-hybridized carbons (Fsp3) is 0.235. The number of carbonyl (C=O) groups excluding carboxylic acids is 1. The van der Waals surface area contributed by atoms with Gasteiger partial charge in [0.05, 0.1) is 18.6 Å². The monoisotopic (exact) mass is 396 g/mol. The standard InChI is InChI=1S/C17H20N2O5S2/c1-4-26(22,23)19-15-10-7-13(11-16(15)24-2)18-17(20)12-5-8-14(9-6-12)25(3)21/h5-11,19H,4H2,1-3H3,(H,18,20). The first-order valence-electron chi connectivity index (χ1n) is 7.69. The van der Waals surface area contributed by atoms with Crippen LogP contribution in [0, 0.1) is 0 Å². The van der Waals surface area contributed by atoms with Gasteiger partial charge in [-0.15, -0.1) is 0 Å². The fourth-order valence-corrected chi connectivity index (χ4v) is 3.26. The van der Waals surface area contributed by atoms with Crippen LogP contribution in [0.4, 0.5) is 11.4 Å². The van der Waals surface area contributed by atoms with Gasteiger partial charge in [-0.1, -0.05) is 0 Å². The van der Waals surface area contributed by atoms with E-state index >= 15 is 0 Å². The normalized spacial score (nSPS) is 12.3. The van der Waals surface area contributed by atoms with Gasteiger partial charge in [-0.2, -0.15) is 0 Å². The third kappa shape index (κ3) is 5.06. The molecule has 9 heteroatoms. The molecule has 0 saturated heterocycles. The quantitative estimate of drug-likeness (QED) is 0.748. The highest BCUT2D eigenvalue weighted by Gasteiger charge is 2.13. The summed E-state index contributed by atoms with van der Waals surface area (Å²) in [5.41, 5.74) is 1.16. The number of hydrogen-bond donors (Lipinski definition) is 2. The molecule has 0 spiro atoms. The summed E-state index contributed by atoms with van der Waals surface area (Å²) in [6.45, 7) is 1.53. The van der Waals surface area contributed by atoms with Crippen LogP contribution < -0.4 is 14.8 Å². The first kappa shape index (κ1) is 19.9. The Kier molecular flexibility index (Phi) is 6.38. The van der Waals surface area contributed by atoms with Crippen molar-refractivity contribution in [2.24, 2.45) is 0 Å². The second kappa shape index (κ2) is 8.33. The Bertz CT molecular complexity index is 925. The minimum absolute atomic E-state index is 0.0623. The molecule has 0 aliphatic heterocycles. The molecule has 0 bridgehead atoms. The lowest BCUT2D eigenvalue weighted by Crippen LogP contribution is -2.16. The molecule has 2 N–H and O–H groups in total. The summed E-state index contributed by atoms with van der Waals surface area (Å²) in [5, 5.41) is 2.71. The summed E-state index contributed by atoms with van der Waals surface area (Å²) in [5.74, 6) is -0.119. The molecule has 0 aliphatic carbocycles. The third-order valence-electron chi connectivity index (χ3n) is 3.55. The van der Waals surface area contributed by atoms with Gasteiger partial charge >= 0.3 is 0 Å². The van der Waals surface area contributed by atoms with E-state index in [1.54, 1.807) is 36.6 Å². The summed E-state index contributed by atoms with van der Waals surface area (Å²) in [4.78, 5) is 13.0. The molecule has 2 aromatic rings. The van der Waals surface area contributed by atoms with Gasteiger partial charge in [-0.25, -0.2) is 8.42 Å². The molecular formula is C17H20N2O5S2. The summed E-state index contributed by atoms with van der Waals surface area (Å²) in [7, 11) is -3.14. The number of nitrogens with one attached hydrogen (secondary N) is 2. The second-order valence-corrected chi connectivity index (χ2v) is 8.74. The first-order chi connectivity index (χ1) is 12.3. The van der Waals surface area contributed by atoms with Crippen LogP contribution in [0.3, 0.4) is 0 Å². The Morgan fingerprint density at radius 3 is 2.35 bits per heavy atom. The smallest absolute Gasteiger partial charge is 0.255 e. The maximum atomic E-state index is 12.3. The van der Waals surface area contributed by atoms with Gasteiger partial charge in [0.15, 0.2) is 0 Å². The van der Waals surface area contributed by atoms with Crippen LogP contribution in [-0.2, 0) is 20.8 Å². The summed E-state index contributed by atoms with van der Waals surface area (Å²) in [6, 6.07) is 11.1. The number of methoxy groups -OCH3 is 1. The molecule has 7 nitrogen and oxygen atoms in total. The molecule has 1 amide bonds. The topological polar surface area (TPSA) is 102 Å². The highest BCUT2D eigenvalue weighted by Crippen LogP contribution is 2.29. The molecule has 140 valence electrons. The van der Waals surface area contributed by atoms with Crippen LogP contribution in [0.25, 0.3) is 0 Å². The fourth-order valence-electron chi connectivity index (χ4n) is 2.09. The van der Waals surface area contributed by atoms with E-state index in [4.69, 9.17) is 4.74 Å². The molecule has 0 radical (unpaired) electrons. The zero-order chi connectivity index (χ0) is 19.3. The maximum Gasteiger partial charge on any atom is 0.255 e. The predicted molar refractivity (Wildman–Crippen MR) is 103 cm³/mol. The number of benzene rings is 2. The van der Waals surface area contributed by atoms with Gasteiger partial charge < -0.3 is 10.1 Å². The van der Waals surface area contributed by atoms with E-state index in [9.17, 15) is 17.4 Å². The van der Waals surface area contributed by atoms with Crippen LogP contribution in [0.5, 0.6) is 5.75 Å². The van der Waals surface area contributed by atoms with Crippen molar-refractivity contribution in [1.29, 1.82) is 0 Å². The van der Waals surface area contributed by atoms with Crippen LogP contribution in [0.1, 0.15) is 17.3 Å². The van der Waals surface area contributed by atoms with Crippen LogP contribution >= 0.6 is 0 Å². The first-order valence-corrected chi connectivity index (χ1v) is 10.9. The Balaban J connectivity index is 2.18. The van der Waals surface area contributed by atoms with Crippen molar-refractivity contribution < 1.29 is 22.2 Å². The largest absolute Gasteiger partial charge is 0.494 e. The lowest BCUT2D eigenvalue weighted by Gasteiger charge is -2.13. The van der Waals surface area contributed by atoms with Crippen molar-refractivity contribution in [1.82, 2.24) is 0 Å². The lowest BCUT2D eigenvalue weighted by molar-refractivity contribution is 0.102. The minimum Gasteiger partial charge on any atom is -0.494 e. The van der Waals surface area contributed by atoms with Crippen LogP contribution in [0.15, 0.2) is 47.4 Å². The van der Waals surface area contributed by atoms with Crippen molar-refractivity contribution in [2.45, 2.75) is 11.8 Å². The van der Waals surface area contributed by atoms with Crippen molar-refractivity contribution >= 4 is 38.1 Å². The third-order valence-corrected chi connectivity index (χ3v) is 5.78. The van der Waals surface area contributed by atoms with E-state index < -0.39 is 20.8 Å². The van der Waals surface area contributed by atoms with Gasteiger partial charge in [0.2, 0.25) is 10.0 Å². The average Bonchev–Trinajstić information content (AvgIpc) is 2.62.